The second-order valence-electron chi connectivity index (χ2n) is 4.42. The number of anilines is 1. The molecule has 2 aromatic rings. The number of aromatic nitrogens is 3. The molecule has 0 saturated carbocycles. The van der Waals surface area contributed by atoms with E-state index in [9.17, 15) is 5.26 Å². The Morgan fingerprint density at radius 3 is 2.79 bits per heavy atom. The fourth-order valence-electron chi connectivity index (χ4n) is 2.12. The molecule has 0 amide bonds. The normalized spacial score (nSPS) is 17.6. The number of nitrogens with two attached hydrogens (primary N) is 1. The summed E-state index contributed by atoms with van der Waals surface area (Å²) in [6.07, 6.45) is 1.49. The van der Waals surface area contributed by atoms with Gasteiger partial charge >= 0.3 is 0 Å². The lowest BCUT2D eigenvalue weighted by Gasteiger charge is -2.25. The van der Waals surface area contributed by atoms with Gasteiger partial charge in [-0.25, -0.2) is 0 Å². The lowest BCUT2D eigenvalue weighted by atomic mass is 9.97. The van der Waals surface area contributed by atoms with Gasteiger partial charge in [0.2, 0.25) is 5.95 Å². The first-order chi connectivity index (χ1) is 9.20. The van der Waals surface area contributed by atoms with Crippen LogP contribution >= 0.6 is 0 Å². The van der Waals surface area contributed by atoms with Crippen LogP contribution in [-0.4, -0.2) is 14.8 Å². The fourth-order valence-corrected chi connectivity index (χ4v) is 2.12. The minimum atomic E-state index is -0.290. The van der Waals surface area contributed by atoms with Crippen molar-refractivity contribution in [1.29, 1.82) is 5.26 Å². The molecule has 3 rings (SSSR count). The summed E-state index contributed by atoms with van der Waals surface area (Å²) in [7, 11) is 0. The molecule has 0 saturated heterocycles. The van der Waals surface area contributed by atoms with E-state index in [1.165, 1.54) is 6.33 Å². The van der Waals surface area contributed by atoms with Crippen LogP contribution in [0.1, 0.15) is 17.2 Å². The zero-order valence-electron chi connectivity index (χ0n) is 10.3. The Labute approximate surface area is 110 Å². The van der Waals surface area contributed by atoms with Gasteiger partial charge in [-0.1, -0.05) is 29.8 Å². The van der Waals surface area contributed by atoms with Crippen molar-refractivity contribution in [2.75, 3.05) is 5.32 Å². The minimum Gasteiger partial charge on any atom is -0.384 e. The van der Waals surface area contributed by atoms with E-state index in [2.05, 4.69) is 21.6 Å². The number of rotatable bonds is 1. The predicted octanol–water partition coefficient (Wildman–Crippen LogP) is 1.40. The number of aryl methyl sites for hydroxylation is 1. The molecule has 1 aromatic carbocycles. The second kappa shape index (κ2) is 4.14. The number of hydrogen-bond acceptors (Lipinski definition) is 5. The highest BCUT2D eigenvalue weighted by atomic mass is 15.4. The van der Waals surface area contributed by atoms with Crippen LogP contribution in [0.5, 0.6) is 0 Å². The summed E-state index contributed by atoms with van der Waals surface area (Å²) < 4.78 is 1.57. The first kappa shape index (κ1) is 11.3. The van der Waals surface area contributed by atoms with Crippen LogP contribution in [0.4, 0.5) is 5.95 Å². The van der Waals surface area contributed by atoms with Gasteiger partial charge in [0.25, 0.3) is 0 Å². The Kier molecular flexibility index (Phi) is 2.46. The molecule has 0 radical (unpaired) electrons. The molecule has 0 aliphatic carbocycles. The summed E-state index contributed by atoms with van der Waals surface area (Å²) in [6, 6.07) is 9.83. The van der Waals surface area contributed by atoms with E-state index in [4.69, 9.17) is 5.73 Å². The minimum absolute atomic E-state index is 0.290. The molecule has 0 bridgehead atoms. The van der Waals surface area contributed by atoms with Gasteiger partial charge in [0.15, 0.2) is 0 Å². The van der Waals surface area contributed by atoms with Crippen molar-refractivity contribution in [3.63, 3.8) is 0 Å². The van der Waals surface area contributed by atoms with Crippen LogP contribution in [0.25, 0.3) is 5.82 Å². The molecule has 94 valence electrons. The number of hydrogen-bond donors (Lipinski definition) is 2. The third-order valence-corrected chi connectivity index (χ3v) is 3.18. The molecule has 0 spiro atoms. The molecule has 1 aliphatic heterocycles. The van der Waals surface area contributed by atoms with Crippen LogP contribution in [0.3, 0.4) is 0 Å². The van der Waals surface area contributed by atoms with Crippen LogP contribution in [0.15, 0.2) is 36.2 Å². The largest absolute Gasteiger partial charge is 0.384 e. The van der Waals surface area contributed by atoms with E-state index in [0.29, 0.717) is 17.3 Å². The number of benzene rings is 1. The van der Waals surface area contributed by atoms with Crippen molar-refractivity contribution in [1.82, 2.24) is 14.8 Å². The Morgan fingerprint density at radius 2 is 2.11 bits per heavy atom. The summed E-state index contributed by atoms with van der Waals surface area (Å²) in [5.74, 6) is 0.911. The maximum Gasteiger partial charge on any atom is 0.231 e. The highest BCUT2D eigenvalue weighted by Crippen LogP contribution is 2.32. The van der Waals surface area contributed by atoms with Crippen LogP contribution in [-0.2, 0) is 0 Å². The Bertz CT molecular complexity index is 689. The summed E-state index contributed by atoms with van der Waals surface area (Å²) >= 11 is 0. The quantitative estimate of drug-likeness (QED) is 0.800. The van der Waals surface area contributed by atoms with Crippen LogP contribution < -0.4 is 11.1 Å². The SMILES string of the molecule is Cc1ccc(C2Nc3nncn3C(N)=C2C#N)cc1. The Balaban J connectivity index is 2.11. The van der Waals surface area contributed by atoms with Gasteiger partial charge in [-0.3, -0.25) is 4.57 Å². The van der Waals surface area contributed by atoms with Crippen molar-refractivity contribution in [3.8, 4) is 6.07 Å². The van der Waals surface area contributed by atoms with Crippen molar-refractivity contribution in [2.24, 2.45) is 5.73 Å². The number of nitrogens with one attached hydrogen (secondary N) is 1. The molecule has 1 aliphatic rings. The van der Waals surface area contributed by atoms with Crippen molar-refractivity contribution in [2.45, 2.75) is 13.0 Å². The Morgan fingerprint density at radius 1 is 1.37 bits per heavy atom. The average Bonchev–Trinajstić information content (AvgIpc) is 2.88. The predicted molar refractivity (Wildman–Crippen MR) is 70.6 cm³/mol. The first-order valence-corrected chi connectivity index (χ1v) is 5.84. The van der Waals surface area contributed by atoms with E-state index in [0.717, 1.165) is 11.1 Å². The molecule has 3 N–H and O–H groups in total. The maximum absolute atomic E-state index is 9.33. The van der Waals surface area contributed by atoms with E-state index >= 15 is 0 Å². The molecular formula is C13H12N6. The van der Waals surface area contributed by atoms with Crippen LogP contribution in [0, 0.1) is 18.3 Å². The molecule has 19 heavy (non-hydrogen) atoms. The lowest BCUT2D eigenvalue weighted by Crippen LogP contribution is -2.26. The van der Waals surface area contributed by atoms with Crippen LogP contribution in [0.2, 0.25) is 0 Å². The second-order valence-corrected chi connectivity index (χ2v) is 4.42. The molecule has 6 nitrogen and oxygen atoms in total. The molecule has 1 atom stereocenters. The van der Waals surface area contributed by atoms with Gasteiger partial charge in [-0.15, -0.1) is 10.2 Å². The van der Waals surface area contributed by atoms with Gasteiger partial charge < -0.3 is 11.1 Å². The van der Waals surface area contributed by atoms with Gasteiger partial charge in [0.05, 0.1) is 11.6 Å². The summed E-state index contributed by atoms with van der Waals surface area (Å²) in [6.45, 7) is 2.02. The van der Waals surface area contributed by atoms with E-state index < -0.39 is 0 Å². The summed E-state index contributed by atoms with van der Waals surface area (Å²) in [5.41, 5.74) is 8.61. The van der Waals surface area contributed by atoms with E-state index in [-0.39, 0.29) is 6.04 Å². The zero-order chi connectivity index (χ0) is 13.4. The third kappa shape index (κ3) is 1.72. The van der Waals surface area contributed by atoms with Gasteiger partial charge in [0, 0.05) is 0 Å². The van der Waals surface area contributed by atoms with E-state index in [1.54, 1.807) is 4.57 Å². The van der Waals surface area contributed by atoms with Crippen molar-refractivity contribution < 1.29 is 0 Å². The van der Waals surface area contributed by atoms with Crippen molar-refractivity contribution in [3.05, 3.63) is 47.3 Å². The Hall–Kier alpha value is -2.81. The lowest BCUT2D eigenvalue weighted by molar-refractivity contribution is 0.848. The molecule has 2 heterocycles. The summed E-state index contributed by atoms with van der Waals surface area (Å²) in [4.78, 5) is 0. The van der Waals surface area contributed by atoms with Crippen molar-refractivity contribution >= 4 is 11.8 Å². The zero-order valence-corrected chi connectivity index (χ0v) is 10.3. The average molecular weight is 252 g/mol. The fraction of sp³-hybridized carbons (Fsp3) is 0.154. The molecule has 1 aromatic heterocycles. The number of fused-ring (bicyclic) bond motifs is 1. The number of nitrogens with zero attached hydrogens (tertiary/aromatic N) is 4. The third-order valence-electron chi connectivity index (χ3n) is 3.18. The highest BCUT2D eigenvalue weighted by Gasteiger charge is 2.27. The number of nitriles is 1. The smallest absolute Gasteiger partial charge is 0.231 e. The first-order valence-electron chi connectivity index (χ1n) is 5.84. The molecule has 1 unspecified atom stereocenters. The molecule has 6 heteroatoms. The molecular weight excluding hydrogens is 240 g/mol. The van der Waals surface area contributed by atoms with Gasteiger partial charge in [0.1, 0.15) is 18.2 Å². The topological polar surface area (TPSA) is 92.6 Å². The highest BCUT2D eigenvalue weighted by molar-refractivity contribution is 5.65. The summed E-state index contributed by atoms with van der Waals surface area (Å²) in [5, 5.41) is 20.2. The van der Waals surface area contributed by atoms with E-state index in [1.807, 2.05) is 31.2 Å². The van der Waals surface area contributed by atoms with Gasteiger partial charge in [-0.05, 0) is 12.5 Å². The molecule has 0 fully saturated rings. The maximum atomic E-state index is 9.33. The monoisotopic (exact) mass is 252 g/mol. The van der Waals surface area contributed by atoms with Gasteiger partial charge in [-0.2, -0.15) is 5.26 Å². The standard InChI is InChI=1S/C13H12N6/c1-8-2-4-9(5-3-8)11-10(6-14)12(15)19-7-16-18-13(19)17-11/h2-5,7,11H,15H2,1H3,(H,17,18).